The number of benzene rings is 2. The third-order valence-electron chi connectivity index (χ3n) is 3.03. The predicted molar refractivity (Wildman–Crippen MR) is 70.0 cm³/mol. The molecule has 0 amide bonds. The summed E-state index contributed by atoms with van der Waals surface area (Å²) in [7, 11) is 0. The van der Waals surface area contributed by atoms with Crippen LogP contribution in [0.1, 0.15) is 17.0 Å². The van der Waals surface area contributed by atoms with Gasteiger partial charge in [0.15, 0.2) is 0 Å². The van der Waals surface area contributed by atoms with Crippen molar-refractivity contribution >= 4 is 11.0 Å². The summed E-state index contributed by atoms with van der Waals surface area (Å²) in [5.74, 6) is -0.627. The number of aromatic amines is 1. The summed E-state index contributed by atoms with van der Waals surface area (Å²) < 4.78 is 26.4. The molecule has 0 fully saturated rings. The highest BCUT2D eigenvalue weighted by Gasteiger charge is 2.08. The lowest BCUT2D eigenvalue weighted by Gasteiger charge is -2.00. The van der Waals surface area contributed by atoms with E-state index in [0.29, 0.717) is 22.5 Å². The maximum absolute atomic E-state index is 13.6. The van der Waals surface area contributed by atoms with Crippen LogP contribution in [0.4, 0.5) is 8.78 Å². The Labute approximate surface area is 113 Å². The Bertz CT molecular complexity index is 831. The molecule has 1 aromatic heterocycles. The number of fused-ring (bicyclic) bond motifs is 1. The normalized spacial score (nSPS) is 10.7. The average Bonchev–Trinajstić information content (AvgIpc) is 2.83. The smallest absolute Gasteiger partial charge is 0.129 e. The molecule has 0 aliphatic heterocycles. The van der Waals surface area contributed by atoms with Crippen LogP contribution in [-0.4, -0.2) is 9.97 Å². The van der Waals surface area contributed by atoms with Gasteiger partial charge in [-0.15, -0.1) is 0 Å². The number of imidazole rings is 1. The fourth-order valence-electron chi connectivity index (χ4n) is 2.06. The van der Waals surface area contributed by atoms with E-state index in [-0.39, 0.29) is 6.42 Å². The van der Waals surface area contributed by atoms with Gasteiger partial charge in [-0.1, -0.05) is 6.07 Å². The Morgan fingerprint density at radius 1 is 1.15 bits per heavy atom. The molecule has 0 unspecified atom stereocenters. The molecule has 3 nitrogen and oxygen atoms in total. The summed E-state index contributed by atoms with van der Waals surface area (Å²) >= 11 is 0. The van der Waals surface area contributed by atoms with Gasteiger partial charge in [-0.05, 0) is 29.8 Å². The molecule has 1 heterocycles. The van der Waals surface area contributed by atoms with Crippen LogP contribution in [0, 0.1) is 23.0 Å². The zero-order valence-electron chi connectivity index (χ0n) is 10.3. The van der Waals surface area contributed by atoms with Crippen molar-refractivity contribution in [1.29, 1.82) is 5.26 Å². The summed E-state index contributed by atoms with van der Waals surface area (Å²) in [5.41, 5.74) is 2.33. The average molecular weight is 269 g/mol. The van der Waals surface area contributed by atoms with Gasteiger partial charge in [0.25, 0.3) is 0 Å². The van der Waals surface area contributed by atoms with Crippen molar-refractivity contribution in [3.63, 3.8) is 0 Å². The lowest BCUT2D eigenvalue weighted by molar-refractivity contribution is 0.574. The molecule has 0 spiro atoms. The zero-order chi connectivity index (χ0) is 14.1. The van der Waals surface area contributed by atoms with E-state index in [0.717, 1.165) is 11.6 Å². The molecule has 0 bridgehead atoms. The molecule has 3 aromatic rings. The first kappa shape index (κ1) is 12.3. The van der Waals surface area contributed by atoms with Crippen LogP contribution in [0.2, 0.25) is 0 Å². The molecule has 3 rings (SSSR count). The van der Waals surface area contributed by atoms with E-state index in [9.17, 15) is 8.78 Å². The lowest BCUT2D eigenvalue weighted by atomic mass is 10.1. The second kappa shape index (κ2) is 4.74. The second-order valence-corrected chi connectivity index (χ2v) is 4.44. The summed E-state index contributed by atoms with van der Waals surface area (Å²) in [4.78, 5) is 7.36. The van der Waals surface area contributed by atoms with E-state index in [2.05, 4.69) is 9.97 Å². The second-order valence-electron chi connectivity index (χ2n) is 4.44. The third-order valence-corrected chi connectivity index (χ3v) is 3.03. The van der Waals surface area contributed by atoms with Gasteiger partial charge in [0.05, 0.1) is 22.7 Å². The Balaban J connectivity index is 1.96. The summed E-state index contributed by atoms with van der Waals surface area (Å²) in [5, 5.41) is 8.83. The summed E-state index contributed by atoms with van der Waals surface area (Å²) in [6.07, 6.45) is 0.239. The number of aromatic nitrogens is 2. The molecular weight excluding hydrogens is 260 g/mol. The molecule has 0 atom stereocenters. The fraction of sp³-hybridized carbons (Fsp3) is 0.0667. The third kappa shape index (κ3) is 2.24. The van der Waals surface area contributed by atoms with Crippen molar-refractivity contribution in [3.05, 3.63) is 65.0 Å². The minimum atomic E-state index is -0.602. The van der Waals surface area contributed by atoms with Crippen LogP contribution in [0.3, 0.4) is 0 Å². The van der Waals surface area contributed by atoms with Crippen LogP contribution < -0.4 is 0 Å². The van der Waals surface area contributed by atoms with E-state index < -0.39 is 11.6 Å². The van der Waals surface area contributed by atoms with Crippen LogP contribution in [0.15, 0.2) is 36.4 Å². The first-order valence-corrected chi connectivity index (χ1v) is 5.98. The topological polar surface area (TPSA) is 52.5 Å². The molecule has 1 N–H and O–H groups in total. The number of hydrogen-bond acceptors (Lipinski definition) is 2. The molecule has 5 heteroatoms. The molecule has 0 aliphatic carbocycles. The van der Waals surface area contributed by atoms with Crippen LogP contribution in [0.5, 0.6) is 0 Å². The van der Waals surface area contributed by atoms with E-state index in [1.54, 1.807) is 18.2 Å². The number of H-pyrrole nitrogens is 1. The van der Waals surface area contributed by atoms with Crippen molar-refractivity contribution in [3.8, 4) is 6.07 Å². The van der Waals surface area contributed by atoms with Gasteiger partial charge < -0.3 is 4.98 Å². The maximum atomic E-state index is 13.6. The van der Waals surface area contributed by atoms with E-state index in [1.807, 2.05) is 6.07 Å². The lowest BCUT2D eigenvalue weighted by Crippen LogP contribution is -1.95. The van der Waals surface area contributed by atoms with Crippen LogP contribution in [-0.2, 0) is 6.42 Å². The van der Waals surface area contributed by atoms with E-state index in [4.69, 9.17) is 5.26 Å². The molecule has 98 valence electrons. The predicted octanol–water partition coefficient (Wildman–Crippen LogP) is 3.30. The van der Waals surface area contributed by atoms with Gasteiger partial charge in [-0.3, -0.25) is 0 Å². The number of halogens is 2. The highest BCUT2D eigenvalue weighted by Crippen LogP contribution is 2.17. The maximum Gasteiger partial charge on any atom is 0.129 e. The molecular formula is C15H9F2N3. The summed E-state index contributed by atoms with van der Waals surface area (Å²) in [6.45, 7) is 0. The van der Waals surface area contributed by atoms with Crippen LogP contribution in [0.25, 0.3) is 11.0 Å². The van der Waals surface area contributed by atoms with Gasteiger partial charge in [0, 0.05) is 12.5 Å². The highest BCUT2D eigenvalue weighted by atomic mass is 19.1. The number of nitrogens with one attached hydrogen (secondary N) is 1. The minimum Gasteiger partial charge on any atom is -0.342 e. The van der Waals surface area contributed by atoms with Crippen molar-refractivity contribution in [2.45, 2.75) is 6.42 Å². The SMILES string of the molecule is N#Cc1ccc2nc(Cc3ccc(F)cc3F)[nH]c2c1. The molecule has 0 radical (unpaired) electrons. The fourth-order valence-corrected chi connectivity index (χ4v) is 2.06. The number of nitrogens with zero attached hydrogens (tertiary/aromatic N) is 2. The van der Waals surface area contributed by atoms with Crippen molar-refractivity contribution in [1.82, 2.24) is 9.97 Å². The standard InChI is InChI=1S/C15H9F2N3/c16-11-3-2-10(12(17)7-11)6-15-19-13-4-1-9(8-18)5-14(13)20-15/h1-5,7H,6H2,(H,19,20). The number of hydrogen-bond donors (Lipinski definition) is 1. The zero-order valence-corrected chi connectivity index (χ0v) is 10.3. The first-order valence-electron chi connectivity index (χ1n) is 5.98. The monoisotopic (exact) mass is 269 g/mol. The van der Waals surface area contributed by atoms with Gasteiger partial charge in [0.1, 0.15) is 17.5 Å². The quantitative estimate of drug-likeness (QED) is 0.776. The van der Waals surface area contributed by atoms with E-state index in [1.165, 1.54) is 12.1 Å². The Hall–Kier alpha value is -2.74. The Kier molecular flexibility index (Phi) is 2.92. The minimum absolute atomic E-state index is 0.239. The van der Waals surface area contributed by atoms with Gasteiger partial charge in [-0.2, -0.15) is 5.26 Å². The molecule has 0 aliphatic rings. The number of rotatable bonds is 2. The van der Waals surface area contributed by atoms with Crippen molar-refractivity contribution < 1.29 is 8.78 Å². The molecule has 0 saturated heterocycles. The largest absolute Gasteiger partial charge is 0.342 e. The molecule has 2 aromatic carbocycles. The summed E-state index contributed by atoms with van der Waals surface area (Å²) in [6, 6.07) is 10.6. The molecule has 0 saturated carbocycles. The van der Waals surface area contributed by atoms with E-state index >= 15 is 0 Å². The first-order chi connectivity index (χ1) is 9.65. The highest BCUT2D eigenvalue weighted by molar-refractivity contribution is 5.76. The van der Waals surface area contributed by atoms with Crippen LogP contribution >= 0.6 is 0 Å². The van der Waals surface area contributed by atoms with Crippen molar-refractivity contribution in [2.75, 3.05) is 0 Å². The van der Waals surface area contributed by atoms with Crippen molar-refractivity contribution in [2.24, 2.45) is 0 Å². The Morgan fingerprint density at radius 3 is 2.75 bits per heavy atom. The molecule has 20 heavy (non-hydrogen) atoms. The van der Waals surface area contributed by atoms with Gasteiger partial charge in [-0.25, -0.2) is 13.8 Å². The van der Waals surface area contributed by atoms with Gasteiger partial charge >= 0.3 is 0 Å². The van der Waals surface area contributed by atoms with Gasteiger partial charge in [0.2, 0.25) is 0 Å². The Morgan fingerprint density at radius 2 is 2.00 bits per heavy atom. The number of nitriles is 1.